The molecule has 3 rings (SSSR count). The molecule has 0 unspecified atom stereocenters. The second-order valence-electron chi connectivity index (χ2n) is 12.6. The molecule has 0 aromatic heterocycles. The number of allylic oxidation sites excluding steroid dienone is 3. The molecule has 0 saturated carbocycles. The van der Waals surface area contributed by atoms with Crippen molar-refractivity contribution in [2.75, 3.05) is 14.2 Å². The zero-order valence-electron chi connectivity index (χ0n) is 26.0. The second kappa shape index (κ2) is 15.0. The standard InChI is InChI=1S/C34H51NO6/c1-8-34(4,5)33(38)41-30-18-22(2)17-25-12-9-23(3)29(32(25)30)16-13-26(36)19-28(20-31(37)35-6)40-21-24-10-14-27(39-7)15-11-24/h9-12,14-15,17,22-23,26,28-30,32,36H,8,13,16,18-21H2,1-7H3,(H,35,37)/t22-,23-,26+,28+,29-,30-,32-/m0/s1. The summed E-state index contributed by atoms with van der Waals surface area (Å²) in [6.07, 6.45) is 9.04. The number of esters is 1. The molecule has 2 aliphatic rings. The molecule has 0 saturated heterocycles. The fourth-order valence-corrected chi connectivity index (χ4v) is 5.92. The molecule has 7 atom stereocenters. The predicted octanol–water partition coefficient (Wildman–Crippen LogP) is 6.00. The first-order valence-electron chi connectivity index (χ1n) is 15.2. The summed E-state index contributed by atoms with van der Waals surface area (Å²) in [5.41, 5.74) is 1.70. The Bertz CT molecular complexity index is 1060. The summed E-state index contributed by atoms with van der Waals surface area (Å²) < 4.78 is 17.6. The lowest BCUT2D eigenvalue weighted by atomic mass is 9.65. The van der Waals surface area contributed by atoms with Crippen molar-refractivity contribution < 1.29 is 28.9 Å². The molecule has 2 aliphatic carbocycles. The zero-order chi connectivity index (χ0) is 30.2. The Hall–Kier alpha value is -2.64. The van der Waals surface area contributed by atoms with Crippen molar-refractivity contribution in [3.05, 3.63) is 53.6 Å². The van der Waals surface area contributed by atoms with E-state index < -0.39 is 17.6 Å². The summed E-state index contributed by atoms with van der Waals surface area (Å²) in [5, 5.41) is 13.8. The van der Waals surface area contributed by atoms with Gasteiger partial charge in [-0.3, -0.25) is 9.59 Å². The molecule has 228 valence electrons. The van der Waals surface area contributed by atoms with E-state index in [1.807, 2.05) is 45.0 Å². The highest BCUT2D eigenvalue weighted by Crippen LogP contribution is 2.45. The Kier molecular flexibility index (Phi) is 12.0. The Morgan fingerprint density at radius 1 is 1.17 bits per heavy atom. The Labute approximate surface area is 246 Å². The van der Waals surface area contributed by atoms with Crippen LogP contribution >= 0.6 is 0 Å². The van der Waals surface area contributed by atoms with Gasteiger partial charge in [-0.2, -0.15) is 0 Å². The number of hydrogen-bond donors (Lipinski definition) is 2. The molecule has 2 N–H and O–H groups in total. The lowest BCUT2D eigenvalue weighted by Gasteiger charge is -2.44. The number of carbonyl (C=O) groups excluding carboxylic acids is 2. The van der Waals surface area contributed by atoms with Crippen molar-refractivity contribution in [2.45, 2.75) is 98.1 Å². The Balaban J connectivity index is 1.66. The molecular weight excluding hydrogens is 518 g/mol. The summed E-state index contributed by atoms with van der Waals surface area (Å²) in [6.45, 7) is 10.6. The van der Waals surface area contributed by atoms with Crippen LogP contribution in [0, 0.1) is 29.1 Å². The molecular formula is C34H51NO6. The largest absolute Gasteiger partial charge is 0.497 e. The molecule has 7 nitrogen and oxygen atoms in total. The van der Waals surface area contributed by atoms with Crippen LogP contribution in [0.2, 0.25) is 0 Å². The van der Waals surface area contributed by atoms with Gasteiger partial charge in [0, 0.05) is 19.4 Å². The number of methoxy groups -OCH3 is 1. The minimum atomic E-state index is -0.617. The van der Waals surface area contributed by atoms with Crippen LogP contribution in [-0.2, 0) is 25.7 Å². The third kappa shape index (κ3) is 9.17. The minimum Gasteiger partial charge on any atom is -0.497 e. The molecule has 0 aliphatic heterocycles. The fraction of sp³-hybridized carbons (Fsp3) is 0.647. The number of fused-ring (bicyclic) bond motifs is 1. The molecule has 0 radical (unpaired) electrons. The molecule has 0 bridgehead atoms. The van der Waals surface area contributed by atoms with Crippen LogP contribution in [-0.4, -0.2) is 49.5 Å². The van der Waals surface area contributed by atoms with E-state index in [0.717, 1.165) is 30.6 Å². The molecule has 0 fully saturated rings. The monoisotopic (exact) mass is 569 g/mol. The van der Waals surface area contributed by atoms with E-state index >= 15 is 0 Å². The van der Waals surface area contributed by atoms with Gasteiger partial charge in [-0.1, -0.05) is 51.1 Å². The highest BCUT2D eigenvalue weighted by atomic mass is 16.5. The van der Waals surface area contributed by atoms with E-state index in [9.17, 15) is 14.7 Å². The van der Waals surface area contributed by atoms with Gasteiger partial charge in [-0.05, 0) is 80.6 Å². The average molecular weight is 570 g/mol. The van der Waals surface area contributed by atoms with Crippen molar-refractivity contribution in [2.24, 2.45) is 29.1 Å². The van der Waals surface area contributed by atoms with Crippen molar-refractivity contribution >= 4 is 11.9 Å². The quantitative estimate of drug-likeness (QED) is 0.267. The predicted molar refractivity (Wildman–Crippen MR) is 161 cm³/mol. The second-order valence-corrected chi connectivity index (χ2v) is 12.6. The maximum atomic E-state index is 13.1. The number of nitrogens with one attached hydrogen (secondary N) is 1. The number of ether oxygens (including phenoxy) is 3. The van der Waals surface area contributed by atoms with Crippen molar-refractivity contribution in [3.8, 4) is 5.75 Å². The number of rotatable bonds is 14. The van der Waals surface area contributed by atoms with E-state index in [4.69, 9.17) is 14.2 Å². The maximum Gasteiger partial charge on any atom is 0.311 e. The third-order valence-electron chi connectivity index (χ3n) is 9.00. The van der Waals surface area contributed by atoms with Crippen LogP contribution in [0.25, 0.3) is 0 Å². The van der Waals surface area contributed by atoms with Gasteiger partial charge in [-0.25, -0.2) is 0 Å². The number of carbonyl (C=O) groups is 2. The van der Waals surface area contributed by atoms with Crippen LogP contribution in [0.1, 0.15) is 78.7 Å². The lowest BCUT2D eigenvalue weighted by Crippen LogP contribution is -2.43. The molecule has 7 heteroatoms. The van der Waals surface area contributed by atoms with Gasteiger partial charge in [0.25, 0.3) is 0 Å². The zero-order valence-corrected chi connectivity index (χ0v) is 26.0. The summed E-state index contributed by atoms with van der Waals surface area (Å²) in [4.78, 5) is 25.3. The van der Waals surface area contributed by atoms with Crippen molar-refractivity contribution in [1.29, 1.82) is 0 Å². The smallest absolute Gasteiger partial charge is 0.311 e. The first-order valence-corrected chi connectivity index (χ1v) is 15.2. The summed E-state index contributed by atoms with van der Waals surface area (Å²) in [7, 11) is 3.24. The van der Waals surface area contributed by atoms with Gasteiger partial charge >= 0.3 is 5.97 Å². The van der Waals surface area contributed by atoms with Gasteiger partial charge in [0.2, 0.25) is 5.91 Å². The molecule has 1 amide bonds. The molecule has 1 aromatic rings. The molecule has 1 aromatic carbocycles. The maximum absolute atomic E-state index is 13.1. The number of hydrogen-bond acceptors (Lipinski definition) is 6. The first kappa shape index (κ1) is 32.9. The van der Waals surface area contributed by atoms with Gasteiger partial charge in [0.1, 0.15) is 11.9 Å². The first-order chi connectivity index (χ1) is 19.5. The SMILES string of the molecule is CCC(C)(C)C(=O)O[C@H]1C[C@@H](C)C=C2C=C[C@H](C)[C@H](CC[C@@H](O)C[C@H](CC(=O)NC)OCc3ccc(OC)cc3)[C@H]21. The van der Waals surface area contributed by atoms with Crippen molar-refractivity contribution in [1.82, 2.24) is 5.32 Å². The summed E-state index contributed by atoms with van der Waals surface area (Å²) in [6, 6.07) is 7.63. The van der Waals surface area contributed by atoms with E-state index in [0.29, 0.717) is 31.3 Å². The van der Waals surface area contributed by atoms with Crippen LogP contribution in [0.4, 0.5) is 0 Å². The van der Waals surface area contributed by atoms with Gasteiger partial charge in [0.05, 0.1) is 37.8 Å². The van der Waals surface area contributed by atoms with Gasteiger partial charge < -0.3 is 24.6 Å². The van der Waals surface area contributed by atoms with E-state index in [1.54, 1.807) is 14.2 Å². The molecule has 0 spiro atoms. The van der Waals surface area contributed by atoms with E-state index in [2.05, 4.69) is 37.4 Å². The number of aliphatic hydroxyl groups excluding tert-OH is 1. The topological polar surface area (TPSA) is 94.1 Å². The summed E-state index contributed by atoms with van der Waals surface area (Å²) >= 11 is 0. The third-order valence-corrected chi connectivity index (χ3v) is 9.00. The highest BCUT2D eigenvalue weighted by molar-refractivity contribution is 5.76. The average Bonchev–Trinajstić information content (AvgIpc) is 2.95. The van der Waals surface area contributed by atoms with Gasteiger partial charge in [-0.15, -0.1) is 0 Å². The van der Waals surface area contributed by atoms with Crippen LogP contribution in [0.3, 0.4) is 0 Å². The van der Waals surface area contributed by atoms with Crippen molar-refractivity contribution in [3.63, 3.8) is 0 Å². The van der Waals surface area contributed by atoms with E-state index in [1.165, 1.54) is 5.57 Å². The minimum absolute atomic E-state index is 0.114. The van der Waals surface area contributed by atoms with Gasteiger partial charge in [0.15, 0.2) is 0 Å². The Morgan fingerprint density at radius 2 is 1.88 bits per heavy atom. The number of amides is 1. The normalized spacial score (nSPS) is 25.5. The fourth-order valence-electron chi connectivity index (χ4n) is 5.92. The van der Waals surface area contributed by atoms with E-state index in [-0.39, 0.29) is 36.2 Å². The molecule has 41 heavy (non-hydrogen) atoms. The molecule has 0 heterocycles. The highest BCUT2D eigenvalue weighted by Gasteiger charge is 2.43. The van der Waals surface area contributed by atoms with Crippen LogP contribution in [0.5, 0.6) is 5.75 Å². The summed E-state index contributed by atoms with van der Waals surface area (Å²) in [5.74, 6) is 1.51. The number of aliphatic hydroxyl groups is 1. The number of benzene rings is 1. The van der Waals surface area contributed by atoms with Crippen LogP contribution in [0.15, 0.2) is 48.1 Å². The Morgan fingerprint density at radius 3 is 2.51 bits per heavy atom. The lowest BCUT2D eigenvalue weighted by molar-refractivity contribution is -0.164. The van der Waals surface area contributed by atoms with Crippen LogP contribution < -0.4 is 10.1 Å².